The largest absolute Gasteiger partial charge is 0.471 e. The van der Waals surface area contributed by atoms with Crippen molar-refractivity contribution in [2.75, 3.05) is 11.9 Å². The molecule has 0 aromatic rings. The van der Waals surface area contributed by atoms with E-state index in [0.717, 1.165) is 0 Å². The van der Waals surface area contributed by atoms with Crippen molar-refractivity contribution in [3.8, 4) is 0 Å². The van der Waals surface area contributed by atoms with Crippen LogP contribution in [0.3, 0.4) is 0 Å². The Morgan fingerprint density at radius 1 is 1.06 bits per heavy atom. The fourth-order valence-electron chi connectivity index (χ4n) is 0.868. The second kappa shape index (κ2) is 11.9. The number of rotatable bonds is 6. The van der Waals surface area contributed by atoms with E-state index in [1.165, 1.54) is 0 Å². The zero-order valence-electron chi connectivity index (χ0n) is 9.33. The van der Waals surface area contributed by atoms with Gasteiger partial charge in [-0.15, -0.1) is 23.2 Å². The van der Waals surface area contributed by atoms with Crippen LogP contribution in [0.25, 0.3) is 0 Å². The molecule has 0 unspecified atom stereocenters. The van der Waals surface area contributed by atoms with Crippen LogP contribution in [0.1, 0.15) is 25.7 Å². The van der Waals surface area contributed by atoms with E-state index in [9.17, 15) is 22.8 Å². The topological polar surface area (TPSA) is 46.2 Å². The Morgan fingerprint density at radius 3 is 1.94 bits per heavy atom. The van der Waals surface area contributed by atoms with Gasteiger partial charge in [-0.1, -0.05) is 6.42 Å². The molecular weight excluding hydrogens is 317 g/mol. The van der Waals surface area contributed by atoms with Gasteiger partial charge in [0, 0.05) is 13.0 Å². The van der Waals surface area contributed by atoms with Gasteiger partial charge in [-0.3, -0.25) is 9.59 Å². The molecule has 0 saturated carbocycles. The average molecular weight is 331 g/mol. The normalized spacial score (nSPS) is 10.3. The standard InChI is InChI=1S/C8H11ClF3NO2.CH2Cl2/c9-6(14)4-2-1-3-5-13-7(15)8(10,11)12;2-1-3/h1-5H2,(H,13,15);1H2. The van der Waals surface area contributed by atoms with E-state index in [1.807, 2.05) is 0 Å². The van der Waals surface area contributed by atoms with Crippen LogP contribution in [0.4, 0.5) is 13.2 Å². The summed E-state index contributed by atoms with van der Waals surface area (Å²) >= 11 is 14.6. The van der Waals surface area contributed by atoms with E-state index < -0.39 is 17.3 Å². The highest BCUT2D eigenvalue weighted by atomic mass is 35.5. The predicted octanol–water partition coefficient (Wildman–Crippen LogP) is 3.41. The summed E-state index contributed by atoms with van der Waals surface area (Å²) in [7, 11) is 0. The molecule has 0 fully saturated rings. The summed E-state index contributed by atoms with van der Waals surface area (Å²) in [5.74, 6) is -1.93. The second-order valence-corrected chi connectivity index (χ2v) is 4.25. The zero-order chi connectivity index (χ0) is 14.6. The van der Waals surface area contributed by atoms with Crippen molar-refractivity contribution in [1.82, 2.24) is 5.32 Å². The molecule has 0 atom stereocenters. The van der Waals surface area contributed by atoms with Crippen molar-refractivity contribution in [3.05, 3.63) is 0 Å². The first-order valence-electron chi connectivity index (χ1n) is 4.91. The maximum absolute atomic E-state index is 11.7. The number of halogens is 6. The number of hydrogen-bond acceptors (Lipinski definition) is 2. The lowest BCUT2D eigenvalue weighted by Gasteiger charge is -2.06. The molecule has 0 aromatic carbocycles. The van der Waals surface area contributed by atoms with Crippen LogP contribution < -0.4 is 5.32 Å². The molecule has 0 aliphatic rings. The highest BCUT2D eigenvalue weighted by molar-refractivity contribution is 6.63. The molecule has 9 heteroatoms. The van der Waals surface area contributed by atoms with Crippen LogP contribution in [-0.4, -0.2) is 29.2 Å². The summed E-state index contributed by atoms with van der Waals surface area (Å²) < 4.78 is 35.0. The fourth-order valence-corrected chi connectivity index (χ4v) is 1.00. The monoisotopic (exact) mass is 329 g/mol. The molecule has 0 aliphatic carbocycles. The van der Waals surface area contributed by atoms with E-state index in [4.69, 9.17) is 34.8 Å². The van der Waals surface area contributed by atoms with Gasteiger partial charge < -0.3 is 5.32 Å². The quantitative estimate of drug-likeness (QED) is 0.461. The van der Waals surface area contributed by atoms with Crippen molar-refractivity contribution in [2.24, 2.45) is 0 Å². The van der Waals surface area contributed by atoms with Crippen molar-refractivity contribution in [3.63, 3.8) is 0 Å². The second-order valence-electron chi connectivity index (χ2n) is 3.02. The number of alkyl halides is 5. The molecule has 0 radical (unpaired) electrons. The van der Waals surface area contributed by atoms with E-state index in [0.29, 0.717) is 19.3 Å². The van der Waals surface area contributed by atoms with Gasteiger partial charge in [-0.2, -0.15) is 13.2 Å². The first-order valence-corrected chi connectivity index (χ1v) is 6.35. The van der Waals surface area contributed by atoms with Crippen LogP contribution in [-0.2, 0) is 9.59 Å². The molecule has 108 valence electrons. The number of amides is 1. The van der Waals surface area contributed by atoms with Crippen LogP contribution in [0, 0.1) is 0 Å². The molecule has 0 heterocycles. The fraction of sp³-hybridized carbons (Fsp3) is 0.778. The zero-order valence-corrected chi connectivity index (χ0v) is 11.6. The maximum Gasteiger partial charge on any atom is 0.471 e. The molecule has 1 N–H and O–H groups in total. The van der Waals surface area contributed by atoms with Gasteiger partial charge in [0.05, 0.1) is 5.34 Å². The van der Waals surface area contributed by atoms with E-state index >= 15 is 0 Å². The molecule has 0 saturated heterocycles. The Kier molecular flexibility index (Phi) is 13.3. The van der Waals surface area contributed by atoms with Crippen LogP contribution >= 0.6 is 34.8 Å². The molecule has 0 bridgehead atoms. The van der Waals surface area contributed by atoms with Gasteiger partial charge >= 0.3 is 12.1 Å². The molecule has 3 nitrogen and oxygen atoms in total. The maximum atomic E-state index is 11.7. The van der Waals surface area contributed by atoms with Crippen molar-refractivity contribution in [1.29, 1.82) is 0 Å². The highest BCUT2D eigenvalue weighted by Gasteiger charge is 2.38. The predicted molar refractivity (Wildman–Crippen MR) is 65.0 cm³/mol. The SMILES string of the molecule is ClCCl.O=C(Cl)CCCCCNC(=O)C(F)(F)F. The summed E-state index contributed by atoms with van der Waals surface area (Å²) in [5.41, 5.74) is 0. The van der Waals surface area contributed by atoms with Gasteiger partial charge in [0.15, 0.2) is 0 Å². The summed E-state index contributed by atoms with van der Waals surface area (Å²) in [6, 6.07) is 0. The van der Waals surface area contributed by atoms with Crippen LogP contribution in [0.5, 0.6) is 0 Å². The Bertz CT molecular complexity index is 250. The lowest BCUT2D eigenvalue weighted by molar-refractivity contribution is -0.173. The van der Waals surface area contributed by atoms with Gasteiger partial charge in [-0.25, -0.2) is 0 Å². The van der Waals surface area contributed by atoms with Gasteiger partial charge in [0.1, 0.15) is 0 Å². The minimum absolute atomic E-state index is 0.0468. The van der Waals surface area contributed by atoms with E-state index in [-0.39, 0.29) is 18.3 Å². The molecular formula is C9H13Cl3F3NO2. The van der Waals surface area contributed by atoms with Crippen molar-refractivity contribution < 1.29 is 22.8 Å². The van der Waals surface area contributed by atoms with E-state index in [2.05, 4.69) is 0 Å². The summed E-state index contributed by atoms with van der Waals surface area (Å²) in [5, 5.41) is 1.46. The number of nitrogens with one attached hydrogen (secondary N) is 1. The van der Waals surface area contributed by atoms with E-state index in [1.54, 1.807) is 5.32 Å². The first kappa shape index (κ1) is 20.1. The Hall–Kier alpha value is -0.200. The highest BCUT2D eigenvalue weighted by Crippen LogP contribution is 2.14. The van der Waals surface area contributed by atoms with Crippen LogP contribution in [0.2, 0.25) is 0 Å². The lowest BCUT2D eigenvalue weighted by Crippen LogP contribution is -2.37. The number of unbranched alkanes of at least 4 members (excludes halogenated alkanes) is 2. The molecule has 0 aromatic heterocycles. The average Bonchev–Trinajstić information content (AvgIpc) is 2.22. The lowest BCUT2D eigenvalue weighted by atomic mass is 10.2. The smallest absolute Gasteiger partial charge is 0.348 e. The Labute approximate surface area is 118 Å². The summed E-state index contributed by atoms with van der Waals surface area (Å²) in [6.45, 7) is -0.0468. The Balaban J connectivity index is 0. The van der Waals surface area contributed by atoms with Crippen LogP contribution in [0.15, 0.2) is 0 Å². The van der Waals surface area contributed by atoms with Crippen molar-refractivity contribution in [2.45, 2.75) is 31.9 Å². The number of carbonyl (C=O) groups excluding carboxylic acids is 2. The minimum atomic E-state index is -4.83. The molecule has 0 spiro atoms. The first-order chi connectivity index (χ1) is 8.25. The van der Waals surface area contributed by atoms with Gasteiger partial charge in [0.2, 0.25) is 5.24 Å². The number of carbonyl (C=O) groups is 2. The van der Waals surface area contributed by atoms with Gasteiger partial charge in [-0.05, 0) is 24.4 Å². The third-order valence-electron chi connectivity index (χ3n) is 1.59. The third kappa shape index (κ3) is 15.8. The van der Waals surface area contributed by atoms with Gasteiger partial charge in [0.25, 0.3) is 0 Å². The molecule has 1 amide bonds. The minimum Gasteiger partial charge on any atom is -0.348 e. The molecule has 0 aliphatic heterocycles. The Morgan fingerprint density at radius 2 is 1.56 bits per heavy atom. The molecule has 18 heavy (non-hydrogen) atoms. The summed E-state index contributed by atoms with van der Waals surface area (Å²) in [6.07, 6.45) is -3.16. The third-order valence-corrected chi connectivity index (χ3v) is 1.78. The number of hydrogen-bond donors (Lipinski definition) is 1. The summed E-state index contributed by atoms with van der Waals surface area (Å²) in [4.78, 5) is 20.6. The van der Waals surface area contributed by atoms with Crippen molar-refractivity contribution >= 4 is 46.0 Å². The molecule has 0 rings (SSSR count).